The van der Waals surface area contributed by atoms with E-state index in [1.807, 2.05) is 51.1 Å². The van der Waals surface area contributed by atoms with Crippen LogP contribution in [0.4, 0.5) is 0 Å². The highest BCUT2D eigenvalue weighted by molar-refractivity contribution is 7.80. The van der Waals surface area contributed by atoms with Gasteiger partial charge in [0.25, 0.3) is 0 Å². The fourth-order valence-electron chi connectivity index (χ4n) is 2.71. The Morgan fingerprint density at radius 3 is 2.45 bits per heavy atom. The fourth-order valence-corrected chi connectivity index (χ4v) is 2.87. The molecule has 1 heterocycles. The molecule has 3 aromatic rings. The maximum Gasteiger partial charge on any atom is 0.231 e. The molecule has 0 bridgehead atoms. The van der Waals surface area contributed by atoms with Gasteiger partial charge in [-0.25, -0.2) is 4.98 Å². The van der Waals surface area contributed by atoms with Crippen molar-refractivity contribution >= 4 is 34.3 Å². The molecule has 0 aliphatic carbocycles. The zero-order valence-electron chi connectivity index (χ0n) is 17.5. The molecule has 2 aromatic carbocycles. The number of benzene rings is 2. The lowest BCUT2D eigenvalue weighted by atomic mass is 9.96. The third-order valence-corrected chi connectivity index (χ3v) is 4.89. The van der Waals surface area contributed by atoms with Crippen molar-refractivity contribution in [3.8, 4) is 11.5 Å². The smallest absolute Gasteiger partial charge is 0.231 e. The van der Waals surface area contributed by atoms with Crippen LogP contribution in [0, 0.1) is 5.41 Å². The van der Waals surface area contributed by atoms with Crippen LogP contribution in [0.25, 0.3) is 22.6 Å². The second-order valence-electron chi connectivity index (χ2n) is 8.48. The summed E-state index contributed by atoms with van der Waals surface area (Å²) in [6, 6.07) is 14.1. The summed E-state index contributed by atoms with van der Waals surface area (Å²) in [5, 5.41) is 6.10. The highest BCUT2D eigenvalue weighted by atomic mass is 32.1. The van der Waals surface area contributed by atoms with Crippen LogP contribution < -0.4 is 10.6 Å². The van der Waals surface area contributed by atoms with Crippen LogP contribution in [0.1, 0.15) is 51.7 Å². The van der Waals surface area contributed by atoms with E-state index in [1.54, 1.807) is 0 Å². The fraction of sp³-hybridized carbons (Fsp3) is 0.348. The van der Waals surface area contributed by atoms with Crippen LogP contribution >= 0.6 is 12.2 Å². The second kappa shape index (κ2) is 8.33. The first-order chi connectivity index (χ1) is 13.6. The van der Waals surface area contributed by atoms with Crippen molar-refractivity contribution in [3.63, 3.8) is 0 Å². The van der Waals surface area contributed by atoms with Crippen LogP contribution in [0.5, 0.6) is 0 Å². The van der Waals surface area contributed by atoms with Crippen LogP contribution in [-0.4, -0.2) is 16.0 Å². The van der Waals surface area contributed by atoms with Gasteiger partial charge in [0.1, 0.15) is 5.52 Å². The number of rotatable bonds is 4. The van der Waals surface area contributed by atoms with Gasteiger partial charge in [-0.3, -0.25) is 4.79 Å². The van der Waals surface area contributed by atoms with Gasteiger partial charge >= 0.3 is 0 Å². The van der Waals surface area contributed by atoms with Crippen molar-refractivity contribution in [2.24, 2.45) is 5.41 Å². The summed E-state index contributed by atoms with van der Waals surface area (Å²) in [6.45, 7) is 10.4. The summed E-state index contributed by atoms with van der Waals surface area (Å²) in [7, 11) is 0. The van der Waals surface area contributed by atoms with Gasteiger partial charge in [0.05, 0.1) is 0 Å². The van der Waals surface area contributed by atoms with Gasteiger partial charge in [0.2, 0.25) is 11.8 Å². The number of hydrogen-bond donors (Lipinski definition) is 2. The van der Waals surface area contributed by atoms with Gasteiger partial charge in [0, 0.05) is 17.5 Å². The molecule has 0 radical (unpaired) electrons. The van der Waals surface area contributed by atoms with Crippen molar-refractivity contribution in [2.75, 3.05) is 0 Å². The molecule has 0 unspecified atom stereocenters. The van der Waals surface area contributed by atoms with Crippen molar-refractivity contribution in [2.45, 2.75) is 47.1 Å². The number of amides is 1. The summed E-state index contributed by atoms with van der Waals surface area (Å²) in [5.41, 5.74) is 4.38. The number of thiocarbonyl (C=S) groups is 1. The van der Waals surface area contributed by atoms with Crippen molar-refractivity contribution in [1.82, 2.24) is 15.6 Å². The van der Waals surface area contributed by atoms with Gasteiger partial charge < -0.3 is 15.1 Å². The molecule has 6 heteroatoms. The lowest BCUT2D eigenvalue weighted by molar-refractivity contribution is -0.126. The number of carbonyl (C=O) groups is 1. The molecule has 0 atom stereocenters. The van der Waals surface area contributed by atoms with Crippen molar-refractivity contribution < 1.29 is 9.21 Å². The van der Waals surface area contributed by atoms with Gasteiger partial charge in [-0.05, 0) is 53.5 Å². The Hall–Kier alpha value is -2.73. The van der Waals surface area contributed by atoms with Crippen LogP contribution in [0.15, 0.2) is 46.9 Å². The zero-order chi connectivity index (χ0) is 21.2. The number of carbonyl (C=O) groups excluding carboxylic acids is 1. The maximum atomic E-state index is 12.0. The second-order valence-corrected chi connectivity index (χ2v) is 8.89. The summed E-state index contributed by atoms with van der Waals surface area (Å²) in [5.74, 6) is 0.945. The molecular weight excluding hydrogens is 382 g/mol. The van der Waals surface area contributed by atoms with Crippen LogP contribution in [0.3, 0.4) is 0 Å². The molecule has 152 valence electrons. The minimum atomic E-state index is -0.483. The number of aromatic nitrogens is 1. The monoisotopic (exact) mass is 409 g/mol. The topological polar surface area (TPSA) is 67.2 Å². The van der Waals surface area contributed by atoms with Crippen LogP contribution in [0.2, 0.25) is 0 Å². The number of hydrogen-bond acceptors (Lipinski definition) is 4. The third-order valence-electron chi connectivity index (χ3n) is 4.64. The Morgan fingerprint density at radius 2 is 1.83 bits per heavy atom. The number of fused-ring (bicyclic) bond motifs is 1. The standard InChI is InChI=1S/C23H27N3O2S/c1-14(2)17-10-11-19-18(12-17)25-20(28-19)16-8-6-15(7-9-16)13-24-22(29)26-21(27)23(3,4)5/h6-12,14H,13H2,1-5H3,(H2,24,26,27,29). The van der Waals surface area contributed by atoms with Crippen LogP contribution in [-0.2, 0) is 11.3 Å². The number of nitrogens with zero attached hydrogens (tertiary/aromatic N) is 1. The van der Waals surface area contributed by atoms with E-state index in [9.17, 15) is 4.79 Å². The van der Waals surface area contributed by atoms with E-state index < -0.39 is 5.41 Å². The summed E-state index contributed by atoms with van der Waals surface area (Å²) in [6.07, 6.45) is 0. The highest BCUT2D eigenvalue weighted by Gasteiger charge is 2.21. The summed E-state index contributed by atoms with van der Waals surface area (Å²) in [4.78, 5) is 16.6. The van der Waals surface area contributed by atoms with E-state index >= 15 is 0 Å². The molecule has 0 saturated heterocycles. The first-order valence-corrected chi connectivity index (χ1v) is 10.1. The molecule has 0 fully saturated rings. The summed E-state index contributed by atoms with van der Waals surface area (Å²) >= 11 is 5.20. The van der Waals surface area contributed by atoms with Gasteiger partial charge in [-0.1, -0.05) is 52.8 Å². The van der Waals surface area contributed by atoms with Gasteiger partial charge in [0.15, 0.2) is 10.7 Å². The van der Waals surface area contributed by atoms with E-state index in [-0.39, 0.29) is 5.91 Å². The van der Waals surface area contributed by atoms with E-state index in [1.165, 1.54) is 5.56 Å². The van der Waals surface area contributed by atoms with Gasteiger partial charge in [-0.15, -0.1) is 0 Å². The molecule has 5 nitrogen and oxygen atoms in total. The number of oxazole rings is 1. The first kappa shape index (κ1) is 21.0. The quantitative estimate of drug-likeness (QED) is 0.583. The minimum absolute atomic E-state index is 0.109. The summed E-state index contributed by atoms with van der Waals surface area (Å²) < 4.78 is 5.91. The molecule has 1 amide bonds. The minimum Gasteiger partial charge on any atom is -0.436 e. The number of nitrogens with one attached hydrogen (secondary N) is 2. The third kappa shape index (κ3) is 5.21. The van der Waals surface area contributed by atoms with E-state index in [0.717, 1.165) is 22.2 Å². The van der Waals surface area contributed by atoms with E-state index in [0.29, 0.717) is 23.5 Å². The van der Waals surface area contributed by atoms with Crippen molar-refractivity contribution in [1.29, 1.82) is 0 Å². The SMILES string of the molecule is CC(C)c1ccc2oc(-c3ccc(CNC(=S)NC(=O)C(C)(C)C)cc3)nc2c1. The average molecular weight is 410 g/mol. The Balaban J connectivity index is 1.65. The Labute approximate surface area is 176 Å². The Bertz CT molecular complexity index is 1030. The molecule has 1 aromatic heterocycles. The molecule has 0 saturated carbocycles. The van der Waals surface area contributed by atoms with E-state index in [2.05, 4.69) is 41.6 Å². The highest BCUT2D eigenvalue weighted by Crippen LogP contribution is 2.27. The Kier molecular flexibility index (Phi) is 6.03. The molecule has 0 spiro atoms. The molecule has 3 rings (SSSR count). The van der Waals surface area contributed by atoms with E-state index in [4.69, 9.17) is 16.6 Å². The largest absolute Gasteiger partial charge is 0.436 e. The normalized spacial score (nSPS) is 11.7. The predicted octanol–water partition coefficient (Wildman–Crippen LogP) is 5.16. The lowest BCUT2D eigenvalue weighted by Crippen LogP contribution is -2.44. The first-order valence-electron chi connectivity index (χ1n) is 9.72. The lowest BCUT2D eigenvalue weighted by Gasteiger charge is -2.18. The Morgan fingerprint density at radius 1 is 1.14 bits per heavy atom. The molecule has 29 heavy (non-hydrogen) atoms. The zero-order valence-corrected chi connectivity index (χ0v) is 18.3. The molecule has 0 aliphatic heterocycles. The predicted molar refractivity (Wildman–Crippen MR) is 121 cm³/mol. The van der Waals surface area contributed by atoms with Gasteiger partial charge in [-0.2, -0.15) is 0 Å². The maximum absolute atomic E-state index is 12.0. The molecular formula is C23H27N3O2S. The van der Waals surface area contributed by atoms with Crippen molar-refractivity contribution in [3.05, 3.63) is 53.6 Å². The molecule has 2 N–H and O–H groups in total. The average Bonchev–Trinajstić information content (AvgIpc) is 3.09. The molecule has 0 aliphatic rings.